The topological polar surface area (TPSA) is 69.4 Å². The minimum atomic E-state index is -3.62. The Hall–Kier alpha value is -1.76. The fourth-order valence-corrected chi connectivity index (χ4v) is 5.63. The lowest BCUT2D eigenvalue weighted by molar-refractivity contribution is 0.171. The van der Waals surface area contributed by atoms with E-state index in [-0.39, 0.29) is 17.3 Å². The molecule has 2 N–H and O–H groups in total. The van der Waals surface area contributed by atoms with E-state index in [4.69, 9.17) is 10.5 Å². The normalized spacial score (nSPS) is 26.3. The van der Waals surface area contributed by atoms with Gasteiger partial charge in [-0.2, -0.15) is 0 Å². The van der Waals surface area contributed by atoms with Gasteiger partial charge >= 0.3 is 0 Å². The number of ether oxygens (including phenoxy) is 1. The van der Waals surface area contributed by atoms with E-state index in [1.807, 2.05) is 6.92 Å². The number of rotatable bonds is 5. The second-order valence-electron chi connectivity index (χ2n) is 6.35. The van der Waals surface area contributed by atoms with Gasteiger partial charge in [-0.1, -0.05) is 29.8 Å². The van der Waals surface area contributed by atoms with Gasteiger partial charge in [0.15, 0.2) is 9.84 Å². The first-order valence-electron chi connectivity index (χ1n) is 7.64. The molecule has 4 nitrogen and oxygen atoms in total. The highest BCUT2D eigenvalue weighted by molar-refractivity contribution is 7.92. The van der Waals surface area contributed by atoms with Crippen LogP contribution in [0.1, 0.15) is 17.0 Å². The molecule has 1 fully saturated rings. The van der Waals surface area contributed by atoms with Crippen LogP contribution in [0.3, 0.4) is 0 Å². The van der Waals surface area contributed by atoms with Crippen molar-refractivity contribution in [3.63, 3.8) is 0 Å². The maximum Gasteiger partial charge on any atom is 0.183 e. The summed E-state index contributed by atoms with van der Waals surface area (Å²) in [6, 6.07) is 12.5. The lowest BCUT2D eigenvalue weighted by Gasteiger charge is -2.11. The molecular formula is C18H20FNO3S. The first-order valence-corrected chi connectivity index (χ1v) is 9.19. The van der Waals surface area contributed by atoms with Gasteiger partial charge < -0.3 is 10.5 Å². The van der Waals surface area contributed by atoms with Crippen LogP contribution < -0.4 is 5.73 Å². The van der Waals surface area contributed by atoms with E-state index in [9.17, 15) is 12.8 Å². The average molecular weight is 349 g/mol. The van der Waals surface area contributed by atoms with Crippen LogP contribution in [0.15, 0.2) is 53.4 Å². The molecule has 6 heteroatoms. The molecule has 0 aromatic heterocycles. The fourth-order valence-electron chi connectivity index (χ4n) is 3.34. The SMILES string of the molecule is COC[C@]1(N)[C@@H](c2ccc(F)cc2)[C@@H]1S(=O)(=O)c1ccc(C)cc1. The Bertz CT molecular complexity index is 834. The van der Waals surface area contributed by atoms with Crippen LogP contribution in [0.4, 0.5) is 4.39 Å². The third-order valence-corrected chi connectivity index (χ3v) is 6.92. The summed E-state index contributed by atoms with van der Waals surface area (Å²) in [6.45, 7) is 2.01. The van der Waals surface area contributed by atoms with Gasteiger partial charge in [-0.15, -0.1) is 0 Å². The summed E-state index contributed by atoms with van der Waals surface area (Å²) < 4.78 is 44.4. The van der Waals surface area contributed by atoms with E-state index in [0.29, 0.717) is 5.56 Å². The van der Waals surface area contributed by atoms with Crippen molar-refractivity contribution in [2.75, 3.05) is 13.7 Å². The molecule has 2 aromatic carbocycles. The number of nitrogens with two attached hydrogens (primary N) is 1. The fraction of sp³-hybridized carbons (Fsp3) is 0.333. The Morgan fingerprint density at radius 1 is 1.12 bits per heavy atom. The molecule has 128 valence electrons. The number of sulfone groups is 1. The van der Waals surface area contributed by atoms with Crippen LogP contribution >= 0.6 is 0 Å². The maximum atomic E-state index is 13.2. The Balaban J connectivity index is 2.01. The molecule has 1 aliphatic carbocycles. The van der Waals surface area contributed by atoms with Crippen LogP contribution in [0, 0.1) is 12.7 Å². The quantitative estimate of drug-likeness (QED) is 0.900. The average Bonchev–Trinajstić information content (AvgIpc) is 3.15. The highest BCUT2D eigenvalue weighted by Gasteiger charge is 2.69. The zero-order valence-corrected chi connectivity index (χ0v) is 14.4. The van der Waals surface area contributed by atoms with Crippen LogP contribution in [0.5, 0.6) is 0 Å². The van der Waals surface area contributed by atoms with E-state index in [1.165, 1.54) is 19.2 Å². The lowest BCUT2D eigenvalue weighted by Crippen LogP contribution is -2.35. The van der Waals surface area contributed by atoms with Gasteiger partial charge in [0.05, 0.1) is 22.3 Å². The standard InChI is InChI=1S/C18H20FNO3S/c1-12-3-9-15(10-4-12)24(21,22)17-16(18(17,20)11-23-2)13-5-7-14(19)8-6-13/h3-10,16-17H,11,20H2,1-2H3/t16-,17-,18-/m0/s1. The van der Waals surface area contributed by atoms with Crippen LogP contribution in [-0.2, 0) is 14.6 Å². The first kappa shape index (κ1) is 17.1. The molecule has 0 amide bonds. The molecule has 2 aromatic rings. The monoisotopic (exact) mass is 349 g/mol. The van der Waals surface area contributed by atoms with Crippen LogP contribution in [0.25, 0.3) is 0 Å². The number of hydrogen-bond acceptors (Lipinski definition) is 4. The van der Waals surface area contributed by atoms with Gasteiger partial charge in [0.2, 0.25) is 0 Å². The van der Waals surface area contributed by atoms with Crippen molar-refractivity contribution in [2.24, 2.45) is 5.73 Å². The maximum absolute atomic E-state index is 13.2. The summed E-state index contributed by atoms with van der Waals surface area (Å²) in [7, 11) is -2.13. The molecule has 24 heavy (non-hydrogen) atoms. The van der Waals surface area contributed by atoms with E-state index in [1.54, 1.807) is 36.4 Å². The van der Waals surface area contributed by atoms with Gasteiger partial charge in [0.25, 0.3) is 0 Å². The van der Waals surface area contributed by atoms with Crippen molar-refractivity contribution in [1.82, 2.24) is 0 Å². The lowest BCUT2D eigenvalue weighted by atomic mass is 10.1. The minimum Gasteiger partial charge on any atom is -0.383 e. The van der Waals surface area contributed by atoms with E-state index in [0.717, 1.165) is 5.56 Å². The zero-order chi connectivity index (χ0) is 17.5. The van der Waals surface area contributed by atoms with Crippen molar-refractivity contribution in [2.45, 2.75) is 28.5 Å². The van der Waals surface area contributed by atoms with Crippen molar-refractivity contribution in [3.8, 4) is 0 Å². The molecular weight excluding hydrogens is 329 g/mol. The molecule has 0 radical (unpaired) electrons. The Morgan fingerprint density at radius 3 is 2.25 bits per heavy atom. The van der Waals surface area contributed by atoms with E-state index >= 15 is 0 Å². The summed E-state index contributed by atoms with van der Waals surface area (Å²) in [5.74, 6) is -0.795. The zero-order valence-electron chi connectivity index (χ0n) is 13.6. The number of methoxy groups -OCH3 is 1. The summed E-state index contributed by atoms with van der Waals surface area (Å²) in [5, 5.41) is -0.793. The number of benzene rings is 2. The van der Waals surface area contributed by atoms with Crippen LogP contribution in [0.2, 0.25) is 0 Å². The Labute approximate surface area is 141 Å². The third-order valence-electron chi connectivity index (χ3n) is 4.61. The molecule has 0 spiro atoms. The number of hydrogen-bond donors (Lipinski definition) is 1. The van der Waals surface area contributed by atoms with Gasteiger partial charge in [0.1, 0.15) is 5.82 Å². The van der Waals surface area contributed by atoms with Crippen molar-refractivity contribution in [1.29, 1.82) is 0 Å². The molecule has 0 aliphatic heterocycles. The van der Waals surface area contributed by atoms with Crippen molar-refractivity contribution >= 4 is 9.84 Å². The number of halogens is 1. The van der Waals surface area contributed by atoms with Gasteiger partial charge in [-0.25, -0.2) is 12.8 Å². The van der Waals surface area contributed by atoms with Gasteiger partial charge in [-0.05, 0) is 36.8 Å². The molecule has 3 atom stereocenters. The predicted molar refractivity (Wildman–Crippen MR) is 90.1 cm³/mol. The minimum absolute atomic E-state index is 0.116. The van der Waals surface area contributed by atoms with E-state index < -0.39 is 26.5 Å². The van der Waals surface area contributed by atoms with Crippen molar-refractivity contribution < 1.29 is 17.5 Å². The van der Waals surface area contributed by atoms with Gasteiger partial charge in [-0.3, -0.25) is 0 Å². The Morgan fingerprint density at radius 2 is 1.71 bits per heavy atom. The predicted octanol–water partition coefficient (Wildman–Crippen LogP) is 2.42. The van der Waals surface area contributed by atoms with Crippen molar-refractivity contribution in [3.05, 3.63) is 65.5 Å². The number of aryl methyl sites for hydroxylation is 1. The molecule has 0 heterocycles. The molecule has 3 rings (SSSR count). The summed E-state index contributed by atoms with van der Waals surface area (Å²) in [4.78, 5) is 0.244. The molecule has 0 unspecified atom stereocenters. The summed E-state index contributed by atoms with van der Waals surface area (Å²) in [6.07, 6.45) is 0. The molecule has 1 saturated carbocycles. The van der Waals surface area contributed by atoms with Crippen LogP contribution in [-0.4, -0.2) is 32.9 Å². The summed E-state index contributed by atoms with van der Waals surface area (Å²) in [5.41, 5.74) is 7.04. The summed E-state index contributed by atoms with van der Waals surface area (Å²) >= 11 is 0. The molecule has 0 saturated heterocycles. The second-order valence-corrected chi connectivity index (χ2v) is 8.42. The van der Waals surface area contributed by atoms with Gasteiger partial charge in [0, 0.05) is 13.0 Å². The molecule has 1 aliphatic rings. The second kappa shape index (κ2) is 5.95. The highest BCUT2D eigenvalue weighted by atomic mass is 32.2. The first-order chi connectivity index (χ1) is 11.3. The highest BCUT2D eigenvalue weighted by Crippen LogP contribution is 2.55. The smallest absolute Gasteiger partial charge is 0.183 e. The van der Waals surface area contributed by atoms with E-state index in [2.05, 4.69) is 0 Å². The third kappa shape index (κ3) is 2.75. The molecule has 0 bridgehead atoms. The Kier molecular flexibility index (Phi) is 4.23. The largest absolute Gasteiger partial charge is 0.383 e.